The average Bonchev–Trinajstić information content (AvgIpc) is 2.79. The van der Waals surface area contributed by atoms with Crippen LogP contribution in [0.25, 0.3) is 0 Å². The molecule has 31 heavy (non-hydrogen) atoms. The van der Waals surface area contributed by atoms with Crippen molar-refractivity contribution in [3.8, 4) is 5.75 Å². The van der Waals surface area contributed by atoms with Crippen LogP contribution in [0.5, 0.6) is 5.75 Å². The lowest BCUT2D eigenvalue weighted by molar-refractivity contribution is 0.0546. The second-order valence-electron chi connectivity index (χ2n) is 8.09. The second kappa shape index (κ2) is 12.3. The van der Waals surface area contributed by atoms with Gasteiger partial charge in [0.1, 0.15) is 19.0 Å². The number of hydrogen-bond acceptors (Lipinski definition) is 4. The molecule has 1 saturated heterocycles. The zero-order valence-electron chi connectivity index (χ0n) is 18.1. The Kier molecular flexibility index (Phi) is 9.18. The quantitative estimate of drug-likeness (QED) is 0.597. The van der Waals surface area contributed by atoms with Crippen LogP contribution < -0.4 is 4.74 Å². The predicted molar refractivity (Wildman–Crippen MR) is 117 cm³/mol. The van der Waals surface area contributed by atoms with E-state index in [1.165, 1.54) is 12.8 Å². The zero-order chi connectivity index (χ0) is 21.9. The van der Waals surface area contributed by atoms with Gasteiger partial charge < -0.3 is 19.3 Å². The molecule has 0 saturated carbocycles. The highest BCUT2D eigenvalue weighted by atomic mass is 19.1. The molecule has 3 rings (SSSR count). The van der Waals surface area contributed by atoms with Crippen LogP contribution in [0.1, 0.15) is 48.9 Å². The van der Waals surface area contributed by atoms with Crippen molar-refractivity contribution in [1.82, 2.24) is 9.80 Å². The fraction of sp³-hybridized carbons (Fsp3) is 0.583. The Morgan fingerprint density at radius 2 is 1.65 bits per heavy atom. The number of allylic oxidation sites excluding steroid dienone is 2. The number of carbonyl (C=O) groups is 2. The van der Waals surface area contributed by atoms with Gasteiger partial charge in [-0.05, 0) is 62.3 Å². The van der Waals surface area contributed by atoms with Crippen LogP contribution in [-0.4, -0.2) is 67.9 Å². The van der Waals surface area contributed by atoms with E-state index in [1.807, 2.05) is 0 Å². The highest BCUT2D eigenvalue weighted by molar-refractivity contribution is 5.94. The van der Waals surface area contributed by atoms with Crippen LogP contribution >= 0.6 is 0 Å². The largest absolute Gasteiger partial charge is 0.491 e. The summed E-state index contributed by atoms with van der Waals surface area (Å²) in [5, 5.41) is 0. The highest BCUT2D eigenvalue weighted by Gasteiger charge is 2.26. The number of nitrogens with zero attached hydrogens (tertiary/aromatic N) is 2. The first-order valence-corrected chi connectivity index (χ1v) is 11.3. The summed E-state index contributed by atoms with van der Waals surface area (Å²) in [5.41, 5.74) is 0.553. The number of alkyl halides is 1. The summed E-state index contributed by atoms with van der Waals surface area (Å²) in [6.07, 6.45) is 11.0. The van der Waals surface area contributed by atoms with Gasteiger partial charge in [0.2, 0.25) is 0 Å². The second-order valence-corrected chi connectivity index (χ2v) is 8.09. The van der Waals surface area contributed by atoms with E-state index >= 15 is 0 Å². The van der Waals surface area contributed by atoms with Crippen molar-refractivity contribution in [2.45, 2.75) is 38.5 Å². The minimum absolute atomic E-state index is 0.00333. The van der Waals surface area contributed by atoms with Crippen LogP contribution in [-0.2, 0) is 4.74 Å². The molecule has 0 bridgehead atoms. The maximum Gasteiger partial charge on any atom is 0.409 e. The number of halogens is 1. The lowest BCUT2D eigenvalue weighted by atomic mass is 9.92. The van der Waals surface area contributed by atoms with Gasteiger partial charge in [0.15, 0.2) is 0 Å². The van der Waals surface area contributed by atoms with E-state index in [-0.39, 0.29) is 18.6 Å². The van der Waals surface area contributed by atoms with Gasteiger partial charge in [-0.1, -0.05) is 18.6 Å². The average molecular weight is 433 g/mol. The van der Waals surface area contributed by atoms with E-state index in [0.29, 0.717) is 50.0 Å². The monoisotopic (exact) mass is 432 g/mol. The first kappa shape index (κ1) is 23.1. The Morgan fingerprint density at radius 1 is 0.935 bits per heavy atom. The molecule has 170 valence electrons. The molecule has 6 nitrogen and oxygen atoms in total. The molecule has 1 aromatic carbocycles. The molecule has 7 heteroatoms. The maximum atomic E-state index is 12.7. The Labute approximate surface area is 184 Å². The molecule has 2 aliphatic rings. The van der Waals surface area contributed by atoms with Crippen molar-refractivity contribution in [3.63, 3.8) is 0 Å². The third-order valence-corrected chi connectivity index (χ3v) is 5.92. The fourth-order valence-corrected chi connectivity index (χ4v) is 4.05. The van der Waals surface area contributed by atoms with Crippen LogP contribution in [0, 0.1) is 5.92 Å². The van der Waals surface area contributed by atoms with Gasteiger partial charge >= 0.3 is 6.09 Å². The molecule has 1 fully saturated rings. The van der Waals surface area contributed by atoms with E-state index in [9.17, 15) is 14.0 Å². The van der Waals surface area contributed by atoms with E-state index in [0.717, 1.165) is 25.7 Å². The van der Waals surface area contributed by atoms with E-state index in [1.54, 1.807) is 34.1 Å². The van der Waals surface area contributed by atoms with E-state index in [2.05, 4.69) is 12.2 Å². The van der Waals surface area contributed by atoms with Crippen molar-refractivity contribution in [3.05, 3.63) is 42.0 Å². The number of ether oxygens (including phenoxy) is 2. The van der Waals surface area contributed by atoms with Crippen molar-refractivity contribution in [2.75, 3.05) is 46.1 Å². The standard InChI is InChI=1S/C24H33FN2O4/c25-13-19-30-22-10-8-21(9-11-22)23(28)26-14-16-27(17-15-26)24(29)31-18-12-20-6-4-2-1-3-5-7-20/h1-2,8-11,20H,3-7,12-19H2/b2-1-. The zero-order valence-corrected chi connectivity index (χ0v) is 18.1. The Hall–Kier alpha value is -2.57. The number of hydrogen-bond donors (Lipinski definition) is 0. The van der Waals surface area contributed by atoms with Gasteiger partial charge in [-0.25, -0.2) is 9.18 Å². The van der Waals surface area contributed by atoms with Crippen molar-refractivity contribution >= 4 is 12.0 Å². The number of piperazine rings is 1. The first-order chi connectivity index (χ1) is 15.2. The number of carbonyl (C=O) groups excluding carboxylic acids is 2. The molecular formula is C24H33FN2O4. The summed E-state index contributed by atoms with van der Waals surface area (Å²) < 4.78 is 22.9. The molecule has 1 unspecified atom stereocenters. The molecule has 0 radical (unpaired) electrons. The summed E-state index contributed by atoms with van der Waals surface area (Å²) in [6, 6.07) is 6.70. The molecule has 1 aliphatic carbocycles. The normalized spacial score (nSPS) is 20.5. The smallest absolute Gasteiger partial charge is 0.409 e. The van der Waals surface area contributed by atoms with Gasteiger partial charge in [-0.15, -0.1) is 0 Å². The van der Waals surface area contributed by atoms with Gasteiger partial charge in [0, 0.05) is 31.7 Å². The molecule has 1 heterocycles. The predicted octanol–water partition coefficient (Wildman–Crippen LogP) is 4.46. The van der Waals surface area contributed by atoms with Crippen molar-refractivity contribution in [1.29, 1.82) is 0 Å². The topological polar surface area (TPSA) is 59.1 Å². The summed E-state index contributed by atoms with van der Waals surface area (Å²) >= 11 is 0. The lowest BCUT2D eigenvalue weighted by Gasteiger charge is -2.34. The first-order valence-electron chi connectivity index (χ1n) is 11.3. The number of amides is 2. The molecule has 1 atom stereocenters. The van der Waals surface area contributed by atoms with E-state index < -0.39 is 6.67 Å². The molecule has 2 amide bonds. The minimum atomic E-state index is -0.550. The molecule has 1 aliphatic heterocycles. The summed E-state index contributed by atoms with van der Waals surface area (Å²) in [5.74, 6) is 1.09. The molecule has 0 spiro atoms. The summed E-state index contributed by atoms with van der Waals surface area (Å²) in [7, 11) is 0. The van der Waals surface area contributed by atoms with Crippen molar-refractivity contribution in [2.24, 2.45) is 5.92 Å². The van der Waals surface area contributed by atoms with Gasteiger partial charge in [-0.3, -0.25) is 4.79 Å². The highest BCUT2D eigenvalue weighted by Crippen LogP contribution is 2.22. The molecular weight excluding hydrogens is 399 g/mol. The van der Waals surface area contributed by atoms with Crippen LogP contribution in [0.15, 0.2) is 36.4 Å². The minimum Gasteiger partial charge on any atom is -0.491 e. The van der Waals surface area contributed by atoms with E-state index in [4.69, 9.17) is 9.47 Å². The van der Waals surface area contributed by atoms with Crippen LogP contribution in [0.3, 0.4) is 0 Å². The Morgan fingerprint density at radius 3 is 2.39 bits per heavy atom. The summed E-state index contributed by atoms with van der Waals surface area (Å²) in [4.78, 5) is 28.5. The SMILES string of the molecule is O=C(OCCC1CC/C=C\CCC1)N1CCN(C(=O)c2ccc(OCCF)cc2)CC1. The third kappa shape index (κ3) is 7.26. The molecule has 0 aromatic heterocycles. The third-order valence-electron chi connectivity index (χ3n) is 5.92. The van der Waals surface area contributed by atoms with Crippen LogP contribution in [0.4, 0.5) is 9.18 Å². The van der Waals surface area contributed by atoms with Gasteiger partial charge in [-0.2, -0.15) is 0 Å². The molecule has 0 N–H and O–H groups in total. The number of rotatable bonds is 7. The van der Waals surface area contributed by atoms with Crippen molar-refractivity contribution < 1.29 is 23.5 Å². The fourth-order valence-electron chi connectivity index (χ4n) is 4.05. The van der Waals surface area contributed by atoms with Gasteiger partial charge in [0.25, 0.3) is 5.91 Å². The summed E-state index contributed by atoms with van der Waals surface area (Å²) in [6.45, 7) is 1.80. The Balaban J connectivity index is 1.37. The number of benzene rings is 1. The van der Waals surface area contributed by atoms with Gasteiger partial charge in [0.05, 0.1) is 6.61 Å². The Bertz CT molecular complexity index is 730. The lowest BCUT2D eigenvalue weighted by Crippen LogP contribution is -2.50. The van der Waals surface area contributed by atoms with Crippen LogP contribution in [0.2, 0.25) is 0 Å². The molecule has 1 aromatic rings. The maximum absolute atomic E-state index is 12.7.